The molecule has 0 fully saturated rings. The third kappa shape index (κ3) is 5.39. The molecule has 6 heteroatoms. The van der Waals surface area contributed by atoms with Crippen LogP contribution in [0.25, 0.3) is 0 Å². The van der Waals surface area contributed by atoms with Crippen LogP contribution < -0.4 is 15.5 Å². The van der Waals surface area contributed by atoms with Gasteiger partial charge in [0.05, 0.1) is 7.05 Å². The fourth-order valence-corrected chi connectivity index (χ4v) is 2.48. The average Bonchev–Trinajstić information content (AvgIpc) is 2.58. The summed E-state index contributed by atoms with van der Waals surface area (Å²) in [5, 5.41) is 5.28. The van der Waals surface area contributed by atoms with Crippen LogP contribution >= 0.6 is 0 Å². The van der Waals surface area contributed by atoms with Crippen LogP contribution in [-0.4, -0.2) is 32.5 Å². The number of halogens is 1. The normalized spacial score (nSPS) is 11.7. The van der Waals surface area contributed by atoms with Crippen LogP contribution in [0.3, 0.4) is 0 Å². The van der Waals surface area contributed by atoms with Crippen molar-refractivity contribution in [2.45, 2.75) is 13.5 Å². The van der Waals surface area contributed by atoms with Gasteiger partial charge < -0.3 is 15.5 Å². The van der Waals surface area contributed by atoms with Crippen LogP contribution in [0, 0.1) is 12.7 Å². The Bertz CT molecular complexity index is 760. The number of hydrogen-bond acceptors (Lipinski definition) is 2. The van der Waals surface area contributed by atoms with Crippen LogP contribution in [0.15, 0.2) is 42.5 Å². The lowest BCUT2D eigenvalue weighted by atomic mass is 10.1. The molecule has 0 radical (unpaired) electrons. The number of likely N-dealkylation sites (N-methyl/N-ethyl adjacent to an activating group) is 1. The highest BCUT2D eigenvalue weighted by Gasteiger charge is 2.12. The molecule has 5 nitrogen and oxygen atoms in total. The highest BCUT2D eigenvalue weighted by molar-refractivity contribution is 5.94. The Morgan fingerprint density at radius 1 is 1.12 bits per heavy atom. The summed E-state index contributed by atoms with van der Waals surface area (Å²) < 4.78 is 13.5. The van der Waals surface area contributed by atoms with Gasteiger partial charge in [-0.2, -0.15) is 0 Å². The van der Waals surface area contributed by atoms with Gasteiger partial charge in [0.2, 0.25) is 0 Å². The van der Waals surface area contributed by atoms with E-state index < -0.39 is 0 Å². The molecule has 0 aliphatic rings. The molecule has 0 aromatic heterocycles. The minimum Gasteiger partial charge on any atom is -0.355 e. The Balaban J connectivity index is 1.88. The van der Waals surface area contributed by atoms with Gasteiger partial charge >= 0.3 is 0 Å². The van der Waals surface area contributed by atoms with Crippen molar-refractivity contribution in [2.24, 2.45) is 0 Å². The molecule has 0 saturated carbocycles. The number of aryl methyl sites for hydroxylation is 1. The summed E-state index contributed by atoms with van der Waals surface area (Å²) in [4.78, 5) is 24.6. The molecule has 0 heterocycles. The highest BCUT2D eigenvalue weighted by Crippen LogP contribution is 2.13. The number of anilines is 1. The Hall–Kier alpha value is -2.73. The van der Waals surface area contributed by atoms with Crippen molar-refractivity contribution in [3.05, 3.63) is 65.0 Å². The van der Waals surface area contributed by atoms with Gasteiger partial charge in [-0.3, -0.25) is 9.59 Å². The topological polar surface area (TPSA) is 62.6 Å². The SMILES string of the molecule is CNC(=O)c1ccc(C[NH+](C)CC(=O)Nc2ccc(C)c(F)c2)cc1. The fourth-order valence-electron chi connectivity index (χ4n) is 2.48. The summed E-state index contributed by atoms with van der Waals surface area (Å²) in [7, 11) is 3.49. The van der Waals surface area contributed by atoms with E-state index in [0.29, 0.717) is 23.4 Å². The van der Waals surface area contributed by atoms with Crippen molar-refractivity contribution < 1.29 is 18.9 Å². The van der Waals surface area contributed by atoms with E-state index in [2.05, 4.69) is 10.6 Å². The summed E-state index contributed by atoms with van der Waals surface area (Å²) in [6.45, 7) is 2.57. The number of quaternary nitrogens is 1. The number of benzene rings is 2. The molecule has 1 unspecified atom stereocenters. The smallest absolute Gasteiger partial charge is 0.279 e. The first kappa shape index (κ1) is 18.6. The fraction of sp³-hybridized carbons (Fsp3) is 0.263. The lowest BCUT2D eigenvalue weighted by Crippen LogP contribution is -3.08. The Labute approximate surface area is 146 Å². The van der Waals surface area contributed by atoms with Crippen molar-refractivity contribution in [1.29, 1.82) is 0 Å². The van der Waals surface area contributed by atoms with E-state index in [-0.39, 0.29) is 24.2 Å². The largest absolute Gasteiger partial charge is 0.355 e. The molecule has 25 heavy (non-hydrogen) atoms. The molecule has 1 atom stereocenters. The van der Waals surface area contributed by atoms with E-state index in [1.807, 2.05) is 19.2 Å². The van der Waals surface area contributed by atoms with Gasteiger partial charge in [0, 0.05) is 23.9 Å². The molecule has 0 aliphatic carbocycles. The quantitative estimate of drug-likeness (QED) is 0.736. The Kier molecular flexibility index (Phi) is 6.25. The third-order valence-electron chi connectivity index (χ3n) is 3.87. The lowest BCUT2D eigenvalue weighted by molar-refractivity contribution is -0.885. The molecule has 2 amide bonds. The number of amides is 2. The van der Waals surface area contributed by atoms with Gasteiger partial charge in [0.1, 0.15) is 12.4 Å². The summed E-state index contributed by atoms with van der Waals surface area (Å²) >= 11 is 0. The molecule has 3 N–H and O–H groups in total. The summed E-state index contributed by atoms with van der Waals surface area (Å²) in [6, 6.07) is 11.9. The highest BCUT2D eigenvalue weighted by atomic mass is 19.1. The van der Waals surface area contributed by atoms with Gasteiger partial charge in [-0.25, -0.2) is 4.39 Å². The number of nitrogens with one attached hydrogen (secondary N) is 3. The first-order valence-electron chi connectivity index (χ1n) is 8.07. The predicted octanol–water partition coefficient (Wildman–Crippen LogP) is 1.15. The zero-order chi connectivity index (χ0) is 18.4. The summed E-state index contributed by atoms with van der Waals surface area (Å²) in [5.74, 6) is -0.644. The van der Waals surface area contributed by atoms with Crippen molar-refractivity contribution in [3.8, 4) is 0 Å². The molecule has 2 aromatic rings. The second kappa shape index (κ2) is 8.39. The average molecular weight is 344 g/mol. The van der Waals surface area contributed by atoms with Crippen molar-refractivity contribution in [3.63, 3.8) is 0 Å². The Morgan fingerprint density at radius 3 is 2.40 bits per heavy atom. The number of rotatable bonds is 6. The number of carbonyl (C=O) groups excluding carboxylic acids is 2. The predicted molar refractivity (Wildman–Crippen MR) is 95.1 cm³/mol. The molecular weight excluding hydrogens is 321 g/mol. The van der Waals surface area contributed by atoms with Crippen LogP contribution in [-0.2, 0) is 11.3 Å². The second-order valence-electron chi connectivity index (χ2n) is 6.10. The van der Waals surface area contributed by atoms with E-state index in [1.165, 1.54) is 6.07 Å². The summed E-state index contributed by atoms with van der Waals surface area (Å²) in [6.07, 6.45) is 0. The molecule has 0 saturated heterocycles. The zero-order valence-electron chi connectivity index (χ0n) is 14.7. The molecule has 0 aliphatic heterocycles. The van der Waals surface area contributed by atoms with Crippen LogP contribution in [0.4, 0.5) is 10.1 Å². The van der Waals surface area contributed by atoms with Crippen LogP contribution in [0.5, 0.6) is 0 Å². The van der Waals surface area contributed by atoms with Gasteiger partial charge in [0.15, 0.2) is 6.54 Å². The minimum atomic E-state index is -0.338. The van der Waals surface area contributed by atoms with E-state index in [1.54, 1.807) is 38.2 Å². The molecule has 0 spiro atoms. The van der Waals surface area contributed by atoms with E-state index >= 15 is 0 Å². The van der Waals surface area contributed by atoms with Crippen molar-refractivity contribution in [2.75, 3.05) is 26.0 Å². The first-order valence-corrected chi connectivity index (χ1v) is 8.07. The zero-order valence-corrected chi connectivity index (χ0v) is 14.7. The second-order valence-corrected chi connectivity index (χ2v) is 6.10. The monoisotopic (exact) mass is 344 g/mol. The first-order chi connectivity index (χ1) is 11.9. The maximum absolute atomic E-state index is 13.5. The molecule has 0 bridgehead atoms. The number of hydrogen-bond donors (Lipinski definition) is 3. The van der Waals surface area contributed by atoms with Gasteiger partial charge in [-0.1, -0.05) is 18.2 Å². The van der Waals surface area contributed by atoms with Gasteiger partial charge in [-0.15, -0.1) is 0 Å². The van der Waals surface area contributed by atoms with Gasteiger partial charge in [-0.05, 0) is 36.8 Å². The van der Waals surface area contributed by atoms with Crippen LogP contribution in [0.1, 0.15) is 21.5 Å². The van der Waals surface area contributed by atoms with Gasteiger partial charge in [0.25, 0.3) is 11.8 Å². The number of carbonyl (C=O) groups is 2. The molecule has 2 rings (SSSR count). The summed E-state index contributed by atoms with van der Waals surface area (Å²) in [5.41, 5.74) is 2.62. The maximum Gasteiger partial charge on any atom is 0.279 e. The minimum absolute atomic E-state index is 0.128. The Morgan fingerprint density at radius 2 is 1.80 bits per heavy atom. The molecular formula is C19H23FN3O2+. The van der Waals surface area contributed by atoms with Crippen LogP contribution in [0.2, 0.25) is 0 Å². The van der Waals surface area contributed by atoms with E-state index in [0.717, 1.165) is 10.5 Å². The lowest BCUT2D eigenvalue weighted by Gasteiger charge is -2.14. The maximum atomic E-state index is 13.5. The van der Waals surface area contributed by atoms with E-state index in [4.69, 9.17) is 0 Å². The molecule has 132 valence electrons. The van der Waals surface area contributed by atoms with Crippen molar-refractivity contribution >= 4 is 17.5 Å². The van der Waals surface area contributed by atoms with Crippen molar-refractivity contribution in [1.82, 2.24) is 5.32 Å². The van der Waals surface area contributed by atoms with E-state index in [9.17, 15) is 14.0 Å². The molecule has 2 aromatic carbocycles. The third-order valence-corrected chi connectivity index (χ3v) is 3.87. The standard InChI is InChI=1S/C19H22FN3O2/c1-13-4-9-16(10-17(13)20)22-18(24)12-23(3)11-14-5-7-15(8-6-14)19(25)21-2/h4-10H,11-12H2,1-3H3,(H,21,25)(H,22,24)/p+1.